The Labute approximate surface area is 184 Å². The lowest BCUT2D eigenvalue weighted by Crippen LogP contribution is -3.30. The van der Waals surface area contributed by atoms with Gasteiger partial charge in [0.15, 0.2) is 12.6 Å². The molecule has 1 saturated heterocycles. The Morgan fingerprint density at radius 3 is 2.45 bits per heavy atom. The second-order valence-corrected chi connectivity index (χ2v) is 8.32. The van der Waals surface area contributed by atoms with Crippen molar-refractivity contribution in [3.05, 3.63) is 53.6 Å². The van der Waals surface area contributed by atoms with Crippen LogP contribution < -0.4 is 25.2 Å². The Morgan fingerprint density at radius 2 is 1.74 bits per heavy atom. The molecule has 2 aromatic carbocycles. The predicted octanol–water partition coefficient (Wildman–Crippen LogP) is 0.0611. The van der Waals surface area contributed by atoms with Gasteiger partial charge in [-0.1, -0.05) is 18.2 Å². The summed E-state index contributed by atoms with van der Waals surface area (Å²) in [5.41, 5.74) is 3.90. The van der Waals surface area contributed by atoms with Crippen molar-refractivity contribution in [3.8, 4) is 5.75 Å². The van der Waals surface area contributed by atoms with Crippen molar-refractivity contribution >= 4 is 23.2 Å². The Balaban J connectivity index is 1.46. The number of hydrogen-bond donors (Lipinski definition) is 4. The van der Waals surface area contributed by atoms with E-state index in [9.17, 15) is 9.59 Å². The van der Waals surface area contributed by atoms with Gasteiger partial charge < -0.3 is 25.2 Å². The first-order valence-corrected chi connectivity index (χ1v) is 10.9. The van der Waals surface area contributed by atoms with E-state index in [2.05, 4.69) is 10.6 Å². The van der Waals surface area contributed by atoms with Crippen LogP contribution in [0.4, 0.5) is 11.4 Å². The topological polar surface area (TPSA) is 76.3 Å². The third-order valence-electron chi connectivity index (χ3n) is 6.23. The highest BCUT2D eigenvalue weighted by atomic mass is 16.5. The van der Waals surface area contributed by atoms with Crippen molar-refractivity contribution in [2.75, 3.05) is 50.5 Å². The van der Waals surface area contributed by atoms with E-state index in [1.807, 2.05) is 63.2 Å². The molecule has 31 heavy (non-hydrogen) atoms. The molecule has 2 aromatic rings. The van der Waals surface area contributed by atoms with Crippen LogP contribution in [0.1, 0.15) is 18.1 Å². The van der Waals surface area contributed by atoms with E-state index >= 15 is 0 Å². The highest BCUT2D eigenvalue weighted by Crippen LogP contribution is 2.18. The van der Waals surface area contributed by atoms with Crippen molar-refractivity contribution < 1.29 is 24.1 Å². The normalized spacial score (nSPS) is 19.4. The molecule has 0 radical (unpaired) electrons. The number of ether oxygens (including phenoxy) is 1. The molecule has 1 aliphatic heterocycles. The maximum absolute atomic E-state index is 12.7. The first kappa shape index (κ1) is 22.8. The van der Waals surface area contributed by atoms with Gasteiger partial charge in [0, 0.05) is 17.4 Å². The van der Waals surface area contributed by atoms with Crippen molar-refractivity contribution in [3.63, 3.8) is 0 Å². The van der Waals surface area contributed by atoms with Crippen LogP contribution in [0.15, 0.2) is 42.5 Å². The SMILES string of the molecule is COc1cccc(NC(=O)[C@@H](C)[NH+]2CC[NH+](CC(=O)Nc3cccc(C)c3C)CC2)c1. The first-order chi connectivity index (χ1) is 14.9. The van der Waals surface area contributed by atoms with Crippen molar-refractivity contribution in [1.82, 2.24) is 0 Å². The van der Waals surface area contributed by atoms with Crippen molar-refractivity contribution in [2.24, 2.45) is 0 Å². The van der Waals surface area contributed by atoms with Crippen molar-refractivity contribution in [1.29, 1.82) is 0 Å². The molecule has 7 heteroatoms. The molecule has 2 amide bonds. The Bertz CT molecular complexity index is 923. The number of methoxy groups -OCH3 is 1. The van der Waals surface area contributed by atoms with Crippen LogP contribution in [-0.2, 0) is 9.59 Å². The van der Waals surface area contributed by atoms with Gasteiger partial charge in [0.05, 0.1) is 7.11 Å². The average Bonchev–Trinajstić information content (AvgIpc) is 2.77. The number of amides is 2. The van der Waals surface area contributed by atoms with Gasteiger partial charge in [-0.05, 0) is 50.1 Å². The van der Waals surface area contributed by atoms with Crippen LogP contribution in [0.2, 0.25) is 0 Å². The zero-order chi connectivity index (χ0) is 22.4. The molecular formula is C24H34N4O3+2. The maximum atomic E-state index is 12.7. The molecule has 4 N–H and O–H groups in total. The second kappa shape index (κ2) is 10.4. The lowest BCUT2D eigenvalue weighted by Gasteiger charge is -2.32. The molecule has 0 saturated carbocycles. The van der Waals surface area contributed by atoms with E-state index in [-0.39, 0.29) is 17.9 Å². The molecular weight excluding hydrogens is 392 g/mol. The van der Waals surface area contributed by atoms with Crippen LogP contribution in [0.5, 0.6) is 5.75 Å². The molecule has 0 spiro atoms. The third-order valence-corrected chi connectivity index (χ3v) is 6.23. The first-order valence-electron chi connectivity index (χ1n) is 10.9. The van der Waals surface area contributed by atoms with Crippen LogP contribution >= 0.6 is 0 Å². The summed E-state index contributed by atoms with van der Waals surface area (Å²) in [5, 5.41) is 6.03. The molecule has 0 aromatic heterocycles. The Kier molecular flexibility index (Phi) is 7.65. The zero-order valence-corrected chi connectivity index (χ0v) is 18.9. The van der Waals surface area contributed by atoms with Gasteiger partial charge in [0.1, 0.15) is 31.9 Å². The Hall–Kier alpha value is -2.90. The Morgan fingerprint density at radius 1 is 1.03 bits per heavy atom. The number of hydrogen-bond acceptors (Lipinski definition) is 3. The molecule has 1 atom stereocenters. The molecule has 7 nitrogen and oxygen atoms in total. The standard InChI is InChI=1S/C24H32N4O3/c1-17-7-5-10-22(18(17)2)26-23(29)16-27-11-13-28(14-12-27)19(3)24(30)25-20-8-6-9-21(15-20)31-4/h5-10,15,19H,11-14,16H2,1-4H3,(H,25,30)(H,26,29)/p+2/t19-/m1/s1. The number of benzene rings is 2. The quantitative estimate of drug-likeness (QED) is 0.506. The van der Waals surface area contributed by atoms with E-state index in [0.717, 1.165) is 43.1 Å². The number of carbonyl (C=O) groups is 2. The van der Waals surface area contributed by atoms with Gasteiger partial charge in [-0.3, -0.25) is 9.59 Å². The molecule has 3 rings (SSSR count). The minimum absolute atomic E-state index is 0.000584. The fourth-order valence-corrected chi connectivity index (χ4v) is 3.98. The molecule has 1 heterocycles. The average molecular weight is 427 g/mol. The van der Waals surface area contributed by atoms with Gasteiger partial charge >= 0.3 is 0 Å². The molecule has 1 fully saturated rings. The van der Waals surface area contributed by atoms with Gasteiger partial charge in [-0.15, -0.1) is 0 Å². The summed E-state index contributed by atoms with van der Waals surface area (Å²) < 4.78 is 5.21. The summed E-state index contributed by atoms with van der Waals surface area (Å²) in [7, 11) is 1.61. The third kappa shape index (κ3) is 6.06. The number of nitrogens with one attached hydrogen (secondary N) is 4. The van der Waals surface area contributed by atoms with E-state index in [4.69, 9.17) is 4.74 Å². The minimum Gasteiger partial charge on any atom is -0.497 e. The number of carbonyl (C=O) groups excluding carboxylic acids is 2. The molecule has 0 aliphatic carbocycles. The lowest BCUT2D eigenvalue weighted by molar-refractivity contribution is -1.01. The smallest absolute Gasteiger partial charge is 0.282 e. The summed E-state index contributed by atoms with van der Waals surface area (Å²) in [6.45, 7) is 9.94. The maximum Gasteiger partial charge on any atom is 0.282 e. The minimum atomic E-state index is -0.156. The van der Waals surface area contributed by atoms with Crippen molar-refractivity contribution in [2.45, 2.75) is 26.8 Å². The van der Waals surface area contributed by atoms with Crippen LogP contribution in [0.3, 0.4) is 0 Å². The molecule has 0 unspecified atom stereocenters. The predicted molar refractivity (Wildman–Crippen MR) is 122 cm³/mol. The lowest BCUT2D eigenvalue weighted by atomic mass is 10.1. The summed E-state index contributed by atoms with van der Waals surface area (Å²) in [6, 6.07) is 13.2. The van der Waals surface area contributed by atoms with Crippen LogP contribution in [0.25, 0.3) is 0 Å². The molecule has 0 bridgehead atoms. The summed E-state index contributed by atoms with van der Waals surface area (Å²) in [5.74, 6) is 0.754. The largest absolute Gasteiger partial charge is 0.497 e. The fraction of sp³-hybridized carbons (Fsp3) is 0.417. The summed E-state index contributed by atoms with van der Waals surface area (Å²) >= 11 is 0. The van der Waals surface area contributed by atoms with Crippen LogP contribution in [-0.4, -0.2) is 57.7 Å². The number of quaternary nitrogens is 2. The van der Waals surface area contributed by atoms with Gasteiger partial charge in [0.25, 0.3) is 11.8 Å². The van der Waals surface area contributed by atoms with E-state index in [0.29, 0.717) is 12.3 Å². The fourth-order valence-electron chi connectivity index (χ4n) is 3.98. The summed E-state index contributed by atoms with van der Waals surface area (Å²) in [4.78, 5) is 27.7. The number of piperazine rings is 1. The van der Waals surface area contributed by atoms with E-state index in [1.165, 1.54) is 15.4 Å². The van der Waals surface area contributed by atoms with Crippen LogP contribution in [0, 0.1) is 13.8 Å². The van der Waals surface area contributed by atoms with E-state index in [1.54, 1.807) is 7.11 Å². The van der Waals surface area contributed by atoms with Gasteiger partial charge in [-0.2, -0.15) is 0 Å². The second-order valence-electron chi connectivity index (χ2n) is 8.32. The number of anilines is 2. The number of aryl methyl sites for hydroxylation is 1. The highest BCUT2D eigenvalue weighted by Gasteiger charge is 2.31. The summed E-state index contributed by atoms with van der Waals surface area (Å²) in [6.07, 6.45) is 0. The van der Waals surface area contributed by atoms with Gasteiger partial charge in [0.2, 0.25) is 0 Å². The monoisotopic (exact) mass is 426 g/mol. The molecule has 166 valence electrons. The highest BCUT2D eigenvalue weighted by molar-refractivity contribution is 5.94. The number of rotatable bonds is 7. The molecule has 1 aliphatic rings. The van der Waals surface area contributed by atoms with Gasteiger partial charge in [-0.25, -0.2) is 0 Å². The van der Waals surface area contributed by atoms with E-state index < -0.39 is 0 Å². The zero-order valence-electron chi connectivity index (χ0n) is 18.9.